The van der Waals surface area contributed by atoms with Crippen molar-refractivity contribution >= 4 is 22.5 Å². The first kappa shape index (κ1) is 13.7. The van der Waals surface area contributed by atoms with Crippen LogP contribution in [-0.2, 0) is 4.74 Å². The first-order valence-corrected chi connectivity index (χ1v) is 7.02. The molecule has 5 heteroatoms. The van der Waals surface area contributed by atoms with Crippen LogP contribution in [0.15, 0.2) is 35.9 Å². The van der Waals surface area contributed by atoms with Crippen LogP contribution in [-0.4, -0.2) is 42.6 Å². The molecule has 0 saturated carbocycles. The average Bonchev–Trinajstić information content (AvgIpc) is 2.90. The molecule has 2 aromatic rings. The molecule has 0 radical (unpaired) electrons. The number of H-pyrrole nitrogens is 1. The second-order valence-electron chi connectivity index (χ2n) is 5.33. The van der Waals surface area contributed by atoms with Gasteiger partial charge in [0.15, 0.2) is 0 Å². The Morgan fingerprint density at radius 2 is 2.29 bits per heavy atom. The standard InChI is InChI=1S/C16H19N3O2/c1-21-10-11-4-6-19(7-5-11)16(20)15-9-12-8-13(17)2-3-14(12)18-15/h2-4,8-9,18H,5-7,10,17H2,1H3. The van der Waals surface area contributed by atoms with Crippen LogP contribution in [0.1, 0.15) is 16.9 Å². The molecule has 3 rings (SSSR count). The lowest BCUT2D eigenvalue weighted by Crippen LogP contribution is -2.35. The quantitative estimate of drug-likeness (QED) is 0.670. The summed E-state index contributed by atoms with van der Waals surface area (Å²) in [5.41, 5.74) is 9.26. The number of nitrogens with zero attached hydrogens (tertiary/aromatic N) is 1. The predicted octanol–water partition coefficient (Wildman–Crippen LogP) is 2.17. The van der Waals surface area contributed by atoms with Crippen LogP contribution in [0.2, 0.25) is 0 Å². The van der Waals surface area contributed by atoms with Gasteiger partial charge in [0.05, 0.1) is 6.61 Å². The molecule has 5 nitrogen and oxygen atoms in total. The molecule has 0 bridgehead atoms. The van der Waals surface area contributed by atoms with Gasteiger partial charge in [0.1, 0.15) is 5.69 Å². The topological polar surface area (TPSA) is 71.3 Å². The van der Waals surface area contributed by atoms with Gasteiger partial charge in [-0.15, -0.1) is 0 Å². The number of aromatic amines is 1. The van der Waals surface area contributed by atoms with Crippen LogP contribution in [0.3, 0.4) is 0 Å². The van der Waals surface area contributed by atoms with Gasteiger partial charge < -0.3 is 20.4 Å². The lowest BCUT2D eigenvalue weighted by molar-refractivity contribution is 0.0760. The van der Waals surface area contributed by atoms with E-state index in [1.54, 1.807) is 7.11 Å². The Balaban J connectivity index is 1.78. The molecule has 0 fully saturated rings. The second-order valence-corrected chi connectivity index (χ2v) is 5.33. The normalized spacial score (nSPS) is 15.3. The second kappa shape index (κ2) is 5.61. The first-order chi connectivity index (χ1) is 10.2. The smallest absolute Gasteiger partial charge is 0.270 e. The number of ether oxygens (including phenoxy) is 1. The van der Waals surface area contributed by atoms with Crippen LogP contribution in [0, 0.1) is 0 Å². The number of nitrogen functional groups attached to an aromatic ring is 1. The number of aromatic nitrogens is 1. The Hall–Kier alpha value is -2.27. The van der Waals surface area contributed by atoms with Crippen molar-refractivity contribution in [3.63, 3.8) is 0 Å². The lowest BCUT2D eigenvalue weighted by Gasteiger charge is -2.25. The van der Waals surface area contributed by atoms with E-state index in [1.807, 2.05) is 29.2 Å². The third-order valence-electron chi connectivity index (χ3n) is 3.80. The number of amides is 1. The van der Waals surface area contributed by atoms with E-state index in [-0.39, 0.29) is 5.91 Å². The minimum atomic E-state index is 0.0255. The zero-order valence-corrected chi connectivity index (χ0v) is 12.1. The van der Waals surface area contributed by atoms with Crippen LogP contribution >= 0.6 is 0 Å². The Morgan fingerprint density at radius 3 is 3.00 bits per heavy atom. The summed E-state index contributed by atoms with van der Waals surface area (Å²) in [4.78, 5) is 17.5. The van der Waals surface area contributed by atoms with Crippen LogP contribution < -0.4 is 5.73 Å². The molecule has 1 amide bonds. The average molecular weight is 285 g/mol. The van der Waals surface area contributed by atoms with Crippen molar-refractivity contribution in [2.24, 2.45) is 0 Å². The van der Waals surface area contributed by atoms with Gasteiger partial charge in [0, 0.05) is 36.8 Å². The molecule has 0 aliphatic carbocycles. The molecule has 1 aromatic heterocycles. The SMILES string of the molecule is COCC1=CCN(C(=O)c2cc3cc(N)ccc3[nH]2)CC1. The van der Waals surface area contributed by atoms with Crippen molar-refractivity contribution in [1.29, 1.82) is 0 Å². The van der Waals surface area contributed by atoms with Gasteiger partial charge >= 0.3 is 0 Å². The van der Waals surface area contributed by atoms with Gasteiger partial charge in [-0.3, -0.25) is 4.79 Å². The fraction of sp³-hybridized carbons (Fsp3) is 0.312. The number of carbonyl (C=O) groups is 1. The summed E-state index contributed by atoms with van der Waals surface area (Å²) < 4.78 is 5.12. The third-order valence-corrected chi connectivity index (χ3v) is 3.80. The summed E-state index contributed by atoms with van der Waals surface area (Å²) in [6.45, 7) is 2.01. The van der Waals surface area contributed by atoms with Crippen molar-refractivity contribution in [3.8, 4) is 0 Å². The molecule has 21 heavy (non-hydrogen) atoms. The van der Waals surface area contributed by atoms with Gasteiger partial charge in [-0.05, 0) is 36.3 Å². The van der Waals surface area contributed by atoms with Crippen LogP contribution in [0.4, 0.5) is 5.69 Å². The summed E-state index contributed by atoms with van der Waals surface area (Å²) >= 11 is 0. The van der Waals surface area contributed by atoms with Crippen molar-refractivity contribution in [2.75, 3.05) is 32.5 Å². The molecule has 2 heterocycles. The van der Waals surface area contributed by atoms with Crippen molar-refractivity contribution < 1.29 is 9.53 Å². The number of hydrogen-bond donors (Lipinski definition) is 2. The Labute approximate surface area is 123 Å². The van der Waals surface area contributed by atoms with E-state index in [4.69, 9.17) is 10.5 Å². The largest absolute Gasteiger partial charge is 0.399 e. The lowest BCUT2D eigenvalue weighted by atomic mass is 10.1. The number of hydrogen-bond acceptors (Lipinski definition) is 3. The van der Waals surface area contributed by atoms with Gasteiger partial charge in [0.25, 0.3) is 5.91 Å². The molecular weight excluding hydrogens is 266 g/mol. The highest BCUT2D eigenvalue weighted by Crippen LogP contribution is 2.20. The number of carbonyl (C=O) groups excluding carboxylic acids is 1. The van der Waals surface area contributed by atoms with E-state index < -0.39 is 0 Å². The third kappa shape index (κ3) is 2.78. The Kier molecular flexibility index (Phi) is 3.66. The van der Waals surface area contributed by atoms with E-state index in [9.17, 15) is 4.79 Å². The number of nitrogens with one attached hydrogen (secondary N) is 1. The summed E-state index contributed by atoms with van der Waals surface area (Å²) in [5.74, 6) is 0.0255. The van der Waals surface area contributed by atoms with Crippen molar-refractivity contribution in [3.05, 3.63) is 41.6 Å². The van der Waals surface area contributed by atoms with Crippen molar-refractivity contribution in [1.82, 2.24) is 9.88 Å². The molecule has 3 N–H and O–H groups in total. The minimum Gasteiger partial charge on any atom is -0.399 e. The summed E-state index contributed by atoms with van der Waals surface area (Å²) in [6, 6.07) is 7.46. The van der Waals surface area contributed by atoms with E-state index in [1.165, 1.54) is 5.57 Å². The van der Waals surface area contributed by atoms with Gasteiger partial charge in [0.2, 0.25) is 0 Å². The predicted molar refractivity (Wildman–Crippen MR) is 83.2 cm³/mol. The number of nitrogens with two attached hydrogens (primary N) is 1. The molecule has 1 aliphatic heterocycles. The van der Waals surface area contributed by atoms with E-state index in [0.717, 1.165) is 23.9 Å². The summed E-state index contributed by atoms with van der Waals surface area (Å²) in [7, 11) is 1.69. The maximum absolute atomic E-state index is 12.5. The maximum atomic E-state index is 12.5. The van der Waals surface area contributed by atoms with Crippen LogP contribution in [0.25, 0.3) is 10.9 Å². The first-order valence-electron chi connectivity index (χ1n) is 7.02. The fourth-order valence-corrected chi connectivity index (χ4v) is 2.65. The monoisotopic (exact) mass is 285 g/mol. The van der Waals surface area contributed by atoms with Gasteiger partial charge in [-0.2, -0.15) is 0 Å². The molecule has 110 valence electrons. The number of fused-ring (bicyclic) bond motifs is 1. The molecule has 0 spiro atoms. The number of methoxy groups -OCH3 is 1. The maximum Gasteiger partial charge on any atom is 0.270 e. The fourth-order valence-electron chi connectivity index (χ4n) is 2.65. The van der Waals surface area contributed by atoms with Gasteiger partial charge in [-0.1, -0.05) is 6.08 Å². The van der Waals surface area contributed by atoms with Crippen LogP contribution in [0.5, 0.6) is 0 Å². The molecule has 1 aromatic carbocycles. The highest BCUT2D eigenvalue weighted by molar-refractivity contribution is 5.98. The summed E-state index contributed by atoms with van der Waals surface area (Å²) in [5, 5.41) is 0.964. The van der Waals surface area contributed by atoms with Crippen molar-refractivity contribution in [2.45, 2.75) is 6.42 Å². The number of anilines is 1. The molecule has 0 atom stereocenters. The Morgan fingerprint density at radius 1 is 1.43 bits per heavy atom. The van der Waals surface area contributed by atoms with E-state index in [2.05, 4.69) is 11.1 Å². The minimum absolute atomic E-state index is 0.0255. The molecule has 0 unspecified atom stereocenters. The molecular formula is C16H19N3O2. The molecule has 0 saturated heterocycles. The molecule has 1 aliphatic rings. The van der Waals surface area contributed by atoms with Gasteiger partial charge in [-0.25, -0.2) is 0 Å². The Bertz CT molecular complexity index is 703. The number of rotatable bonds is 3. The van der Waals surface area contributed by atoms with E-state index in [0.29, 0.717) is 24.5 Å². The zero-order valence-electron chi connectivity index (χ0n) is 12.1. The zero-order chi connectivity index (χ0) is 14.8. The highest BCUT2D eigenvalue weighted by Gasteiger charge is 2.20. The highest BCUT2D eigenvalue weighted by atomic mass is 16.5. The van der Waals surface area contributed by atoms with E-state index >= 15 is 0 Å². The number of benzene rings is 1. The summed E-state index contributed by atoms with van der Waals surface area (Å²) in [6.07, 6.45) is 2.94.